The van der Waals surface area contributed by atoms with Gasteiger partial charge in [-0.25, -0.2) is 8.42 Å². The van der Waals surface area contributed by atoms with Crippen molar-refractivity contribution < 1.29 is 17.9 Å². The predicted molar refractivity (Wildman–Crippen MR) is 91.5 cm³/mol. The van der Waals surface area contributed by atoms with Gasteiger partial charge in [-0.15, -0.1) is 0 Å². The van der Waals surface area contributed by atoms with Crippen LogP contribution < -0.4 is 4.74 Å². The summed E-state index contributed by atoms with van der Waals surface area (Å²) in [5.41, 5.74) is 0.569. The van der Waals surface area contributed by atoms with Crippen LogP contribution in [0.5, 0.6) is 5.75 Å². The van der Waals surface area contributed by atoms with Gasteiger partial charge < -0.3 is 9.64 Å². The first-order chi connectivity index (χ1) is 10.8. The number of halogens is 1. The normalized spacial score (nSPS) is 27.1. The molecule has 2 bridgehead atoms. The lowest BCUT2D eigenvalue weighted by Crippen LogP contribution is -2.49. The molecule has 0 spiro atoms. The first kappa shape index (κ1) is 16.8. The number of piperidine rings is 1. The van der Waals surface area contributed by atoms with Crippen LogP contribution in [-0.4, -0.2) is 49.9 Å². The summed E-state index contributed by atoms with van der Waals surface area (Å²) < 4.78 is 29.7. The summed E-state index contributed by atoms with van der Waals surface area (Å²) >= 11 is 3.43. The third kappa shape index (κ3) is 3.13. The predicted octanol–water partition coefficient (Wildman–Crippen LogP) is 2.64. The van der Waals surface area contributed by atoms with E-state index in [1.54, 1.807) is 25.3 Å². The Morgan fingerprint density at radius 2 is 1.87 bits per heavy atom. The van der Waals surface area contributed by atoms with E-state index in [0.29, 0.717) is 24.2 Å². The summed E-state index contributed by atoms with van der Waals surface area (Å²) in [7, 11) is -1.48. The highest BCUT2D eigenvalue weighted by Crippen LogP contribution is 2.39. The molecule has 2 saturated heterocycles. The topological polar surface area (TPSA) is 63.7 Å². The second-order valence-electron chi connectivity index (χ2n) is 6.37. The van der Waals surface area contributed by atoms with Gasteiger partial charge in [0.15, 0.2) is 0 Å². The van der Waals surface area contributed by atoms with E-state index in [4.69, 9.17) is 4.74 Å². The van der Waals surface area contributed by atoms with E-state index in [9.17, 15) is 13.2 Å². The van der Waals surface area contributed by atoms with Gasteiger partial charge in [-0.05, 0) is 59.8 Å². The van der Waals surface area contributed by atoms with Crippen molar-refractivity contribution in [2.45, 2.75) is 43.0 Å². The van der Waals surface area contributed by atoms with Crippen LogP contribution in [0.1, 0.15) is 36.0 Å². The molecule has 2 unspecified atom stereocenters. The quantitative estimate of drug-likeness (QED) is 0.780. The number of methoxy groups -OCH3 is 1. The highest BCUT2D eigenvalue weighted by molar-refractivity contribution is 9.10. The lowest BCUT2D eigenvalue weighted by molar-refractivity contribution is 0.0597. The second-order valence-corrected chi connectivity index (χ2v) is 9.55. The lowest BCUT2D eigenvalue weighted by Gasteiger charge is -2.38. The highest BCUT2D eigenvalue weighted by atomic mass is 79.9. The van der Waals surface area contributed by atoms with Gasteiger partial charge in [0.2, 0.25) is 0 Å². The van der Waals surface area contributed by atoms with Crippen molar-refractivity contribution in [2.24, 2.45) is 0 Å². The minimum Gasteiger partial charge on any atom is -0.497 e. The third-order valence-electron chi connectivity index (χ3n) is 4.93. The maximum absolute atomic E-state index is 13.0. The molecule has 1 aromatic rings. The van der Waals surface area contributed by atoms with Crippen LogP contribution in [0.2, 0.25) is 0 Å². The summed E-state index contributed by atoms with van der Waals surface area (Å²) in [6, 6.07) is 5.36. The molecule has 23 heavy (non-hydrogen) atoms. The molecule has 0 aliphatic carbocycles. The zero-order chi connectivity index (χ0) is 16.8. The maximum Gasteiger partial charge on any atom is 0.255 e. The number of hydrogen-bond acceptors (Lipinski definition) is 4. The van der Waals surface area contributed by atoms with Crippen LogP contribution in [0, 0.1) is 0 Å². The van der Waals surface area contributed by atoms with Crippen LogP contribution in [-0.2, 0) is 9.84 Å². The molecule has 2 atom stereocenters. The fraction of sp³-hybridized carbons (Fsp3) is 0.562. The van der Waals surface area contributed by atoms with Crippen molar-refractivity contribution in [1.29, 1.82) is 0 Å². The molecule has 2 fully saturated rings. The van der Waals surface area contributed by atoms with Gasteiger partial charge in [0.1, 0.15) is 15.6 Å². The summed E-state index contributed by atoms with van der Waals surface area (Å²) in [6.07, 6.45) is 4.15. The summed E-state index contributed by atoms with van der Waals surface area (Å²) in [5, 5.41) is -0.321. The van der Waals surface area contributed by atoms with Gasteiger partial charge in [-0.2, -0.15) is 0 Å². The summed E-state index contributed by atoms with van der Waals surface area (Å²) in [6.45, 7) is 0. The van der Waals surface area contributed by atoms with Gasteiger partial charge in [-0.3, -0.25) is 4.79 Å². The average molecular weight is 402 g/mol. The molecule has 2 aliphatic rings. The van der Waals surface area contributed by atoms with E-state index in [0.717, 1.165) is 17.3 Å². The molecule has 0 N–H and O–H groups in total. The molecular weight excluding hydrogens is 382 g/mol. The minimum absolute atomic E-state index is 0.0130. The third-order valence-corrected chi connectivity index (χ3v) is 7.22. The fourth-order valence-corrected chi connectivity index (χ4v) is 5.30. The van der Waals surface area contributed by atoms with E-state index in [1.807, 2.05) is 4.90 Å². The second kappa shape index (κ2) is 6.09. The average Bonchev–Trinajstić information content (AvgIpc) is 2.75. The zero-order valence-corrected chi connectivity index (χ0v) is 15.6. The van der Waals surface area contributed by atoms with E-state index in [-0.39, 0.29) is 23.2 Å². The molecular formula is C16H20BrNO4S. The van der Waals surface area contributed by atoms with Crippen LogP contribution >= 0.6 is 15.9 Å². The van der Waals surface area contributed by atoms with Crippen molar-refractivity contribution >= 4 is 31.7 Å². The maximum atomic E-state index is 13.0. The van der Waals surface area contributed by atoms with Crippen molar-refractivity contribution in [2.75, 3.05) is 13.4 Å². The Balaban J connectivity index is 1.88. The Labute approximate surface area is 145 Å². The number of sulfone groups is 1. The monoisotopic (exact) mass is 401 g/mol. The Morgan fingerprint density at radius 3 is 2.39 bits per heavy atom. The van der Waals surface area contributed by atoms with Crippen molar-refractivity contribution in [1.82, 2.24) is 4.90 Å². The number of carbonyl (C=O) groups is 1. The van der Waals surface area contributed by atoms with E-state index in [1.165, 1.54) is 6.26 Å². The van der Waals surface area contributed by atoms with Crippen LogP contribution in [0.15, 0.2) is 22.7 Å². The van der Waals surface area contributed by atoms with Gasteiger partial charge in [0, 0.05) is 22.8 Å². The first-order valence-corrected chi connectivity index (χ1v) is 10.4. The number of nitrogens with zero attached hydrogens (tertiary/aromatic N) is 1. The smallest absolute Gasteiger partial charge is 0.255 e. The van der Waals surface area contributed by atoms with Gasteiger partial charge in [0.05, 0.1) is 17.9 Å². The minimum atomic E-state index is -3.05. The summed E-state index contributed by atoms with van der Waals surface area (Å²) in [5.74, 6) is 0.588. The molecule has 2 aliphatic heterocycles. The highest BCUT2D eigenvalue weighted by Gasteiger charge is 2.46. The lowest BCUT2D eigenvalue weighted by atomic mass is 10.0. The van der Waals surface area contributed by atoms with Crippen LogP contribution in [0.3, 0.4) is 0 Å². The van der Waals surface area contributed by atoms with Crippen molar-refractivity contribution in [3.63, 3.8) is 0 Å². The Bertz CT molecular complexity index is 720. The molecule has 5 nitrogen and oxygen atoms in total. The first-order valence-electron chi connectivity index (χ1n) is 7.66. The zero-order valence-electron chi connectivity index (χ0n) is 13.2. The Morgan fingerprint density at radius 1 is 1.26 bits per heavy atom. The Hall–Kier alpha value is -1.08. The number of carbonyl (C=O) groups excluding carboxylic acids is 1. The number of hydrogen-bond donors (Lipinski definition) is 0. The number of benzene rings is 1. The molecule has 1 aromatic carbocycles. The molecule has 7 heteroatoms. The fourth-order valence-electron chi connectivity index (χ4n) is 3.74. The van der Waals surface area contributed by atoms with Crippen LogP contribution in [0.4, 0.5) is 0 Å². The SMILES string of the molecule is COc1ccc(Br)c(C(=O)N2C3CCC2CC(S(C)(=O)=O)C3)c1. The summed E-state index contributed by atoms with van der Waals surface area (Å²) in [4.78, 5) is 14.9. The van der Waals surface area contributed by atoms with Crippen LogP contribution in [0.25, 0.3) is 0 Å². The van der Waals surface area contributed by atoms with Gasteiger partial charge in [-0.1, -0.05) is 0 Å². The van der Waals surface area contributed by atoms with E-state index in [2.05, 4.69) is 15.9 Å². The van der Waals surface area contributed by atoms with Gasteiger partial charge >= 0.3 is 0 Å². The van der Waals surface area contributed by atoms with Crippen molar-refractivity contribution in [3.05, 3.63) is 28.2 Å². The molecule has 1 amide bonds. The molecule has 0 saturated carbocycles. The standard InChI is InChI=1S/C16H20BrNO4S/c1-22-12-5-6-15(17)14(9-12)16(19)18-10-3-4-11(18)8-13(7-10)23(2,20)21/h5-6,9-11,13H,3-4,7-8H2,1-2H3. The Kier molecular flexibility index (Phi) is 4.44. The molecule has 0 aromatic heterocycles. The largest absolute Gasteiger partial charge is 0.497 e. The molecule has 126 valence electrons. The van der Waals surface area contributed by atoms with E-state index < -0.39 is 9.84 Å². The number of amides is 1. The number of ether oxygens (including phenoxy) is 1. The number of rotatable bonds is 3. The van der Waals surface area contributed by atoms with Crippen molar-refractivity contribution in [3.8, 4) is 5.75 Å². The van der Waals surface area contributed by atoms with Gasteiger partial charge in [0.25, 0.3) is 5.91 Å². The number of fused-ring (bicyclic) bond motifs is 2. The van der Waals surface area contributed by atoms with E-state index >= 15 is 0 Å². The molecule has 3 rings (SSSR count). The molecule has 0 radical (unpaired) electrons. The molecule has 2 heterocycles.